The molecule has 3 aromatic rings. The third kappa shape index (κ3) is 4.58. The molecule has 0 saturated heterocycles. The van der Waals surface area contributed by atoms with Crippen LogP contribution in [-0.4, -0.2) is 27.9 Å². The molecular weight excluding hydrogens is 400 g/mol. The van der Waals surface area contributed by atoms with Gasteiger partial charge in [-0.2, -0.15) is 5.10 Å². The van der Waals surface area contributed by atoms with Gasteiger partial charge in [-0.25, -0.2) is 0 Å². The van der Waals surface area contributed by atoms with Crippen LogP contribution in [0.1, 0.15) is 33.5 Å². The number of benzene rings is 1. The van der Waals surface area contributed by atoms with Crippen molar-refractivity contribution in [3.8, 4) is 0 Å². The van der Waals surface area contributed by atoms with E-state index in [1.165, 1.54) is 18.0 Å². The number of aromatic nitrogens is 2. The average Bonchev–Trinajstić information content (AvgIpc) is 3.36. The Balaban J connectivity index is 1.80. The molecule has 2 N–H and O–H groups in total. The maximum Gasteiger partial charge on any atom is 0.274 e. The van der Waals surface area contributed by atoms with Crippen molar-refractivity contribution < 1.29 is 14.0 Å². The molecule has 1 aromatic carbocycles. The van der Waals surface area contributed by atoms with E-state index >= 15 is 0 Å². The van der Waals surface area contributed by atoms with Gasteiger partial charge in [0.2, 0.25) is 0 Å². The van der Waals surface area contributed by atoms with Crippen LogP contribution in [0.25, 0.3) is 0 Å². The van der Waals surface area contributed by atoms with Gasteiger partial charge in [0.1, 0.15) is 5.76 Å². The number of halogens is 1. The van der Waals surface area contributed by atoms with Gasteiger partial charge in [-0.05, 0) is 43.5 Å². The number of hydrogen-bond acceptors (Lipinski definition) is 5. The molecule has 0 aliphatic carbocycles. The van der Waals surface area contributed by atoms with Crippen LogP contribution in [0.3, 0.4) is 0 Å². The Bertz CT molecular complexity index is 985. The Morgan fingerprint density at radius 2 is 2.11 bits per heavy atom. The topological polar surface area (TPSA) is 89.2 Å². The fourth-order valence-corrected chi connectivity index (χ4v) is 3.15. The number of hydrogen-bond donors (Lipinski definition) is 2. The van der Waals surface area contributed by atoms with Gasteiger partial charge in [0.05, 0.1) is 29.1 Å². The quantitative estimate of drug-likeness (QED) is 0.565. The Morgan fingerprint density at radius 1 is 1.29 bits per heavy atom. The van der Waals surface area contributed by atoms with Gasteiger partial charge in [-0.15, -0.1) is 11.8 Å². The molecule has 0 aliphatic heterocycles. The minimum Gasteiger partial charge on any atom is -0.467 e. The molecule has 2 heterocycles. The summed E-state index contributed by atoms with van der Waals surface area (Å²) in [4.78, 5) is 26.2. The molecule has 0 aliphatic rings. The first kappa shape index (κ1) is 20.0. The molecule has 0 unspecified atom stereocenters. The standard InChI is InChI=1S/C19H19ClN4O3S/c1-3-24-11-16(17(23-24)19(26)21-10-12-5-4-8-27-12)22-18(25)14-9-13(28-2)6-7-15(14)20/h4-9,11H,3,10H2,1-2H3,(H,21,26)(H,22,25). The zero-order valence-electron chi connectivity index (χ0n) is 15.4. The Morgan fingerprint density at radius 3 is 2.79 bits per heavy atom. The van der Waals surface area contributed by atoms with Crippen LogP contribution in [-0.2, 0) is 13.1 Å². The highest BCUT2D eigenvalue weighted by molar-refractivity contribution is 7.98. The first-order valence-corrected chi connectivity index (χ1v) is 10.1. The molecule has 28 heavy (non-hydrogen) atoms. The molecule has 0 bridgehead atoms. The smallest absolute Gasteiger partial charge is 0.274 e. The van der Waals surface area contributed by atoms with Gasteiger partial charge in [0, 0.05) is 17.6 Å². The number of furan rings is 1. The second-order valence-corrected chi connectivity index (χ2v) is 7.10. The number of rotatable bonds is 7. The molecule has 3 rings (SSSR count). The molecule has 0 saturated carbocycles. The van der Waals surface area contributed by atoms with Crippen LogP contribution in [0.5, 0.6) is 0 Å². The first-order valence-electron chi connectivity index (χ1n) is 8.54. The molecule has 2 amide bonds. The number of thioether (sulfide) groups is 1. The number of nitrogens with zero attached hydrogens (tertiary/aromatic N) is 2. The SMILES string of the molecule is CCn1cc(NC(=O)c2cc(SC)ccc2Cl)c(C(=O)NCc2ccco2)n1. The molecule has 9 heteroatoms. The highest BCUT2D eigenvalue weighted by Crippen LogP contribution is 2.24. The van der Waals surface area contributed by atoms with E-state index < -0.39 is 11.8 Å². The minimum atomic E-state index is -0.414. The van der Waals surface area contributed by atoms with Gasteiger partial charge in [0.25, 0.3) is 11.8 Å². The van der Waals surface area contributed by atoms with E-state index in [4.69, 9.17) is 16.0 Å². The average molecular weight is 419 g/mol. The first-order chi connectivity index (χ1) is 13.5. The monoisotopic (exact) mass is 418 g/mol. The van der Waals surface area contributed by atoms with E-state index in [9.17, 15) is 9.59 Å². The van der Waals surface area contributed by atoms with Crippen molar-refractivity contribution in [1.29, 1.82) is 0 Å². The van der Waals surface area contributed by atoms with E-state index in [2.05, 4.69) is 15.7 Å². The highest BCUT2D eigenvalue weighted by atomic mass is 35.5. The second-order valence-electron chi connectivity index (χ2n) is 5.81. The summed E-state index contributed by atoms with van der Waals surface area (Å²) in [5.74, 6) is -0.200. The number of carbonyl (C=O) groups excluding carboxylic acids is 2. The summed E-state index contributed by atoms with van der Waals surface area (Å²) >= 11 is 7.68. The summed E-state index contributed by atoms with van der Waals surface area (Å²) in [6.07, 6.45) is 5.06. The van der Waals surface area contributed by atoms with Gasteiger partial charge in [0.15, 0.2) is 5.69 Å². The molecule has 0 fully saturated rings. The predicted octanol–water partition coefficient (Wildman–Crippen LogP) is 4.05. The van der Waals surface area contributed by atoms with Crippen LogP contribution in [0.4, 0.5) is 5.69 Å². The Kier molecular flexibility index (Phi) is 6.43. The number of carbonyl (C=O) groups is 2. The molecule has 0 atom stereocenters. The fraction of sp³-hybridized carbons (Fsp3) is 0.211. The van der Waals surface area contributed by atoms with Crippen LogP contribution in [0.15, 0.2) is 52.1 Å². The lowest BCUT2D eigenvalue weighted by Crippen LogP contribution is -2.25. The van der Waals surface area contributed by atoms with Gasteiger partial charge in [-0.1, -0.05) is 11.6 Å². The maximum atomic E-state index is 12.7. The third-order valence-electron chi connectivity index (χ3n) is 3.97. The van der Waals surface area contributed by atoms with Crippen LogP contribution in [0.2, 0.25) is 5.02 Å². The van der Waals surface area contributed by atoms with Crippen LogP contribution in [0, 0.1) is 0 Å². The number of anilines is 1. The summed E-state index contributed by atoms with van der Waals surface area (Å²) in [5.41, 5.74) is 0.771. The zero-order chi connectivity index (χ0) is 20.1. The summed E-state index contributed by atoms with van der Waals surface area (Å²) in [6.45, 7) is 2.67. The van der Waals surface area contributed by atoms with Crippen molar-refractivity contribution >= 4 is 40.9 Å². The minimum absolute atomic E-state index is 0.124. The Labute approximate surface area is 171 Å². The van der Waals surface area contributed by atoms with Crippen molar-refractivity contribution in [3.05, 3.63) is 64.8 Å². The number of aryl methyl sites for hydroxylation is 1. The normalized spacial score (nSPS) is 10.7. The predicted molar refractivity (Wildman–Crippen MR) is 109 cm³/mol. The number of amides is 2. The zero-order valence-corrected chi connectivity index (χ0v) is 16.9. The van der Waals surface area contributed by atoms with Crippen LogP contribution < -0.4 is 10.6 Å². The molecule has 146 valence electrons. The number of nitrogens with one attached hydrogen (secondary N) is 2. The van der Waals surface area contributed by atoms with Crippen molar-refractivity contribution in [2.24, 2.45) is 0 Å². The van der Waals surface area contributed by atoms with Crippen molar-refractivity contribution in [3.63, 3.8) is 0 Å². The maximum absolute atomic E-state index is 12.7. The fourth-order valence-electron chi connectivity index (χ4n) is 2.50. The highest BCUT2D eigenvalue weighted by Gasteiger charge is 2.20. The molecular formula is C19H19ClN4O3S. The molecule has 7 nitrogen and oxygen atoms in total. The van der Waals surface area contributed by atoms with E-state index in [1.54, 1.807) is 35.1 Å². The summed E-state index contributed by atoms with van der Waals surface area (Å²) in [7, 11) is 0. The summed E-state index contributed by atoms with van der Waals surface area (Å²) in [5, 5.41) is 10.1. The lowest BCUT2D eigenvalue weighted by atomic mass is 10.2. The van der Waals surface area contributed by atoms with Gasteiger partial charge < -0.3 is 15.1 Å². The van der Waals surface area contributed by atoms with E-state index in [0.29, 0.717) is 28.6 Å². The molecule has 0 spiro atoms. The van der Waals surface area contributed by atoms with Crippen molar-refractivity contribution in [2.45, 2.75) is 24.9 Å². The van der Waals surface area contributed by atoms with Crippen molar-refractivity contribution in [2.75, 3.05) is 11.6 Å². The Hall–Kier alpha value is -2.71. The van der Waals surface area contributed by atoms with Crippen molar-refractivity contribution in [1.82, 2.24) is 15.1 Å². The molecule has 0 radical (unpaired) electrons. The van der Waals surface area contributed by atoms with E-state index in [1.807, 2.05) is 19.2 Å². The van der Waals surface area contributed by atoms with Crippen LogP contribution >= 0.6 is 23.4 Å². The lowest BCUT2D eigenvalue weighted by molar-refractivity contribution is 0.0943. The summed E-state index contributed by atoms with van der Waals surface area (Å²) < 4.78 is 6.79. The van der Waals surface area contributed by atoms with E-state index in [0.717, 1.165) is 4.90 Å². The van der Waals surface area contributed by atoms with Gasteiger partial charge >= 0.3 is 0 Å². The second kappa shape index (κ2) is 8.99. The lowest BCUT2D eigenvalue weighted by Gasteiger charge is -2.08. The third-order valence-corrected chi connectivity index (χ3v) is 5.03. The van der Waals surface area contributed by atoms with Gasteiger partial charge in [-0.3, -0.25) is 14.3 Å². The largest absolute Gasteiger partial charge is 0.467 e. The van der Waals surface area contributed by atoms with E-state index in [-0.39, 0.29) is 12.2 Å². The molecule has 2 aromatic heterocycles. The summed E-state index contributed by atoms with van der Waals surface area (Å²) in [6, 6.07) is 8.73.